The van der Waals surface area contributed by atoms with E-state index in [-0.39, 0.29) is 24.0 Å². The third-order valence-electron chi connectivity index (χ3n) is 4.49. The molecule has 0 radical (unpaired) electrons. The second kappa shape index (κ2) is 8.26. The number of hydrogen-bond acceptors (Lipinski definition) is 7. The van der Waals surface area contributed by atoms with Gasteiger partial charge in [0, 0.05) is 17.4 Å². The monoisotopic (exact) mass is 398 g/mol. The largest absolute Gasteiger partial charge is 0.465 e. The van der Waals surface area contributed by atoms with E-state index in [0.717, 1.165) is 36.4 Å². The fourth-order valence-corrected chi connectivity index (χ4v) is 5.63. The van der Waals surface area contributed by atoms with Crippen LogP contribution in [0.2, 0.25) is 0 Å². The van der Waals surface area contributed by atoms with Gasteiger partial charge in [-0.3, -0.25) is 4.79 Å². The van der Waals surface area contributed by atoms with Crippen LogP contribution in [0.5, 0.6) is 0 Å². The van der Waals surface area contributed by atoms with Gasteiger partial charge in [0.1, 0.15) is 4.88 Å². The molecular weight excluding hydrogens is 376 g/mol. The molecule has 1 aromatic rings. The first-order valence-corrected chi connectivity index (χ1v) is 10.4. The highest BCUT2D eigenvalue weighted by atomic mass is 32.2. The number of fused-ring (bicyclic) bond motifs is 1. The lowest BCUT2D eigenvalue weighted by Gasteiger charge is -2.16. The zero-order chi connectivity index (χ0) is 18.7. The van der Waals surface area contributed by atoms with Gasteiger partial charge in [-0.05, 0) is 19.8 Å². The number of nitrogens with one attached hydrogen (secondary N) is 3. The molecule has 26 heavy (non-hydrogen) atoms. The Kier molecular flexibility index (Phi) is 6.02. The molecule has 3 N–H and O–H groups in total. The molecule has 3 atom stereocenters. The lowest BCUT2D eigenvalue weighted by Crippen LogP contribution is -2.36. The molecule has 3 heterocycles. The molecule has 0 aliphatic carbocycles. The summed E-state index contributed by atoms with van der Waals surface area (Å²) in [5.74, 6) is 0.393. The van der Waals surface area contributed by atoms with Crippen LogP contribution in [0.25, 0.3) is 0 Å². The van der Waals surface area contributed by atoms with Crippen molar-refractivity contribution in [3.05, 3.63) is 10.6 Å². The third-order valence-corrected chi connectivity index (χ3v) is 7.06. The maximum absolute atomic E-state index is 12.1. The van der Waals surface area contributed by atoms with Crippen LogP contribution in [0, 0.1) is 6.92 Å². The minimum absolute atomic E-state index is 0.0743. The average Bonchev–Trinajstić information content (AvgIpc) is 3.25. The first-order valence-electron chi connectivity index (χ1n) is 8.52. The minimum Gasteiger partial charge on any atom is -0.465 e. The number of methoxy groups -OCH3 is 1. The van der Waals surface area contributed by atoms with Gasteiger partial charge in [-0.1, -0.05) is 17.8 Å². The Bertz CT molecular complexity index is 708. The highest BCUT2D eigenvalue weighted by Crippen LogP contribution is 2.33. The quantitative estimate of drug-likeness (QED) is 0.368. The summed E-state index contributed by atoms with van der Waals surface area (Å²) in [4.78, 5) is 39.6. The van der Waals surface area contributed by atoms with E-state index >= 15 is 0 Å². The van der Waals surface area contributed by atoms with E-state index in [2.05, 4.69) is 25.7 Å². The van der Waals surface area contributed by atoms with E-state index < -0.39 is 5.97 Å². The van der Waals surface area contributed by atoms with Gasteiger partial charge in [0.15, 0.2) is 5.13 Å². The van der Waals surface area contributed by atoms with E-state index in [1.807, 2.05) is 11.8 Å². The number of unbranched alkanes of at least 4 members (excludes halogenated alkanes) is 1. The Balaban J connectivity index is 1.38. The van der Waals surface area contributed by atoms with Crippen molar-refractivity contribution in [2.75, 3.05) is 18.2 Å². The number of esters is 1. The van der Waals surface area contributed by atoms with Crippen molar-refractivity contribution in [2.45, 2.75) is 49.9 Å². The van der Waals surface area contributed by atoms with Crippen molar-refractivity contribution < 1.29 is 19.1 Å². The van der Waals surface area contributed by atoms with Gasteiger partial charge in [0.05, 0.1) is 24.9 Å². The second-order valence-electron chi connectivity index (χ2n) is 6.34. The molecule has 0 saturated carbocycles. The van der Waals surface area contributed by atoms with Crippen LogP contribution in [0.4, 0.5) is 9.93 Å². The number of amides is 3. The Hall–Kier alpha value is -1.81. The van der Waals surface area contributed by atoms with Gasteiger partial charge in [-0.15, -0.1) is 0 Å². The predicted octanol–water partition coefficient (Wildman–Crippen LogP) is 1.90. The molecule has 2 aliphatic rings. The number of carbonyl (C=O) groups excluding carboxylic acids is 3. The zero-order valence-electron chi connectivity index (χ0n) is 14.7. The van der Waals surface area contributed by atoms with Crippen molar-refractivity contribution in [3.8, 4) is 0 Å². The van der Waals surface area contributed by atoms with Crippen LogP contribution in [0.1, 0.15) is 41.0 Å². The van der Waals surface area contributed by atoms with Crippen LogP contribution in [-0.4, -0.2) is 53.1 Å². The van der Waals surface area contributed by atoms with Crippen molar-refractivity contribution >= 4 is 46.1 Å². The van der Waals surface area contributed by atoms with Gasteiger partial charge in [-0.25, -0.2) is 14.6 Å². The summed E-state index contributed by atoms with van der Waals surface area (Å²) in [6, 6.07) is 0.365. The number of rotatable bonds is 7. The molecule has 142 valence electrons. The summed E-state index contributed by atoms with van der Waals surface area (Å²) in [5.41, 5.74) is 0.553. The van der Waals surface area contributed by atoms with Crippen LogP contribution in [-0.2, 0) is 9.53 Å². The SMILES string of the molecule is COC(=O)c1sc(NC(=O)CCCC[C@@H]2SC[C@H]3NC(=O)N[C@@H]23)nc1C. The molecule has 2 saturated heterocycles. The topological polar surface area (TPSA) is 109 Å². The maximum atomic E-state index is 12.1. The predicted molar refractivity (Wildman–Crippen MR) is 101 cm³/mol. The Morgan fingerprint density at radius 1 is 1.35 bits per heavy atom. The number of thiazole rings is 1. The standard InChI is InChI=1S/C16H22N4O4S2/c1-8-13(14(22)24-2)26-16(17-8)19-11(21)6-4-3-5-10-12-9(7-25-10)18-15(23)20-12/h9-10,12H,3-7H2,1-2H3,(H,17,19,21)(H2,18,20,23)/t9-,10+,12-/m1/s1. The number of nitrogens with zero attached hydrogens (tertiary/aromatic N) is 1. The molecule has 0 aromatic carbocycles. The lowest BCUT2D eigenvalue weighted by atomic mass is 10.0. The van der Waals surface area contributed by atoms with E-state index in [4.69, 9.17) is 0 Å². The highest BCUT2D eigenvalue weighted by molar-refractivity contribution is 8.00. The number of anilines is 1. The molecular formula is C16H22N4O4S2. The Labute approximate surface area is 159 Å². The molecule has 2 aliphatic heterocycles. The van der Waals surface area contributed by atoms with Crippen LogP contribution in [0.3, 0.4) is 0 Å². The first-order chi connectivity index (χ1) is 12.5. The summed E-state index contributed by atoms with van der Waals surface area (Å²) in [5, 5.41) is 9.47. The summed E-state index contributed by atoms with van der Waals surface area (Å²) in [7, 11) is 1.32. The number of urea groups is 1. The van der Waals surface area contributed by atoms with Gasteiger partial charge in [0.25, 0.3) is 0 Å². The smallest absolute Gasteiger partial charge is 0.350 e. The summed E-state index contributed by atoms with van der Waals surface area (Å²) < 4.78 is 4.69. The lowest BCUT2D eigenvalue weighted by molar-refractivity contribution is -0.116. The molecule has 3 amide bonds. The van der Waals surface area contributed by atoms with Gasteiger partial charge in [0.2, 0.25) is 5.91 Å². The molecule has 0 bridgehead atoms. The molecule has 3 rings (SSSR count). The Morgan fingerprint density at radius 2 is 2.15 bits per heavy atom. The van der Waals surface area contributed by atoms with Crippen molar-refractivity contribution in [3.63, 3.8) is 0 Å². The van der Waals surface area contributed by atoms with Crippen LogP contribution >= 0.6 is 23.1 Å². The summed E-state index contributed by atoms with van der Waals surface area (Å²) in [6.45, 7) is 1.71. The van der Waals surface area contributed by atoms with Crippen molar-refractivity contribution in [1.82, 2.24) is 15.6 Å². The zero-order valence-corrected chi connectivity index (χ0v) is 16.3. The van der Waals surface area contributed by atoms with Gasteiger partial charge in [-0.2, -0.15) is 11.8 Å². The summed E-state index contributed by atoms with van der Waals surface area (Å²) in [6.07, 6.45) is 3.08. The number of ether oxygens (including phenoxy) is 1. The van der Waals surface area contributed by atoms with E-state index in [9.17, 15) is 14.4 Å². The summed E-state index contributed by atoms with van der Waals surface area (Å²) >= 11 is 3.00. The number of aryl methyl sites for hydroxylation is 1. The average molecular weight is 399 g/mol. The molecule has 10 heteroatoms. The van der Waals surface area contributed by atoms with E-state index in [1.54, 1.807) is 6.92 Å². The number of aromatic nitrogens is 1. The number of thioether (sulfide) groups is 1. The van der Waals surface area contributed by atoms with Crippen LogP contribution in [0.15, 0.2) is 0 Å². The molecule has 2 fully saturated rings. The fourth-order valence-electron chi connectivity index (χ4n) is 3.19. The molecule has 0 spiro atoms. The normalized spacial score (nSPS) is 23.9. The fraction of sp³-hybridized carbons (Fsp3) is 0.625. The van der Waals surface area contributed by atoms with Crippen LogP contribution < -0.4 is 16.0 Å². The van der Waals surface area contributed by atoms with Crippen molar-refractivity contribution in [1.29, 1.82) is 0 Å². The van der Waals surface area contributed by atoms with E-state index in [0.29, 0.717) is 27.4 Å². The minimum atomic E-state index is -0.443. The number of hydrogen-bond donors (Lipinski definition) is 3. The molecule has 8 nitrogen and oxygen atoms in total. The van der Waals surface area contributed by atoms with Gasteiger partial charge >= 0.3 is 12.0 Å². The number of carbonyl (C=O) groups is 3. The maximum Gasteiger partial charge on any atom is 0.350 e. The molecule has 0 unspecified atom stereocenters. The van der Waals surface area contributed by atoms with Crippen molar-refractivity contribution in [2.24, 2.45) is 0 Å². The third kappa shape index (κ3) is 4.29. The molecule has 1 aromatic heterocycles. The second-order valence-corrected chi connectivity index (χ2v) is 8.61. The first kappa shape index (κ1) is 19.0. The highest BCUT2D eigenvalue weighted by Gasteiger charge is 2.42. The van der Waals surface area contributed by atoms with E-state index in [1.165, 1.54) is 7.11 Å². The van der Waals surface area contributed by atoms with Gasteiger partial charge < -0.3 is 20.7 Å². The Morgan fingerprint density at radius 3 is 2.92 bits per heavy atom.